The number of ether oxygens (including phenoxy) is 1. The zero-order valence-electron chi connectivity index (χ0n) is 10.0. The van der Waals surface area contributed by atoms with Crippen molar-refractivity contribution in [3.63, 3.8) is 0 Å². The molecule has 1 heterocycles. The van der Waals surface area contributed by atoms with Crippen LogP contribution >= 0.6 is 0 Å². The number of pyridine rings is 1. The molecule has 0 spiro atoms. The third-order valence-electron chi connectivity index (χ3n) is 2.40. The second-order valence-corrected chi connectivity index (χ2v) is 3.77. The van der Waals surface area contributed by atoms with E-state index in [1.54, 1.807) is 0 Å². The fourth-order valence-corrected chi connectivity index (χ4v) is 1.54. The summed E-state index contributed by atoms with van der Waals surface area (Å²) in [5, 5.41) is 2.67. The van der Waals surface area contributed by atoms with E-state index in [4.69, 9.17) is 0 Å². The van der Waals surface area contributed by atoms with Crippen molar-refractivity contribution >= 4 is 18.0 Å². The lowest BCUT2D eigenvalue weighted by Gasteiger charge is -2.11. The highest BCUT2D eigenvalue weighted by Crippen LogP contribution is 2.32. The summed E-state index contributed by atoms with van der Waals surface area (Å²) in [4.78, 5) is 14.2. The minimum atomic E-state index is -4.43. The molecule has 20 heavy (non-hydrogen) atoms. The van der Waals surface area contributed by atoms with Crippen LogP contribution in [0.4, 0.5) is 24.7 Å². The van der Waals surface area contributed by atoms with Gasteiger partial charge < -0.3 is 10.1 Å². The van der Waals surface area contributed by atoms with Gasteiger partial charge >= 0.3 is 6.18 Å². The molecule has 0 aliphatic heterocycles. The van der Waals surface area contributed by atoms with E-state index in [0.29, 0.717) is 0 Å². The molecule has 1 N–H and O–H groups in total. The normalized spacial score (nSPS) is 10.9. The molecule has 0 atom stereocenters. The molecule has 0 unspecified atom stereocenters. The van der Waals surface area contributed by atoms with Crippen LogP contribution in [0.1, 0.15) is 5.56 Å². The lowest BCUT2D eigenvalue weighted by Crippen LogP contribution is -2.05. The van der Waals surface area contributed by atoms with Gasteiger partial charge in [0.05, 0.1) is 5.56 Å². The van der Waals surface area contributed by atoms with E-state index in [-0.39, 0.29) is 23.7 Å². The number of rotatable bonds is 4. The molecule has 0 aliphatic rings. The van der Waals surface area contributed by atoms with Gasteiger partial charge in [0.2, 0.25) is 0 Å². The van der Waals surface area contributed by atoms with Crippen LogP contribution in [-0.2, 0) is 11.0 Å². The standard InChI is InChI=1S/C13H9F3N2O2/c14-13(15,16)9-3-1-4-10(7-9)18-12-11(20-8-19)5-2-6-17-12/h1-8H,(H,17,18). The number of hydrogen-bond acceptors (Lipinski definition) is 4. The van der Waals surface area contributed by atoms with Crippen molar-refractivity contribution < 1.29 is 22.7 Å². The maximum absolute atomic E-state index is 12.6. The number of aromatic nitrogens is 1. The Morgan fingerprint density at radius 1 is 1.20 bits per heavy atom. The van der Waals surface area contributed by atoms with Crippen LogP contribution in [0.2, 0.25) is 0 Å². The topological polar surface area (TPSA) is 51.2 Å². The molecule has 0 fully saturated rings. The van der Waals surface area contributed by atoms with Crippen molar-refractivity contribution in [3.05, 3.63) is 48.2 Å². The number of carbonyl (C=O) groups excluding carboxylic acids is 1. The van der Waals surface area contributed by atoms with Gasteiger partial charge in [-0.15, -0.1) is 0 Å². The summed E-state index contributed by atoms with van der Waals surface area (Å²) >= 11 is 0. The van der Waals surface area contributed by atoms with Crippen LogP contribution in [-0.4, -0.2) is 11.5 Å². The molecule has 0 saturated carbocycles. The number of nitrogens with zero attached hydrogens (tertiary/aromatic N) is 1. The average molecular weight is 282 g/mol. The van der Waals surface area contributed by atoms with Crippen molar-refractivity contribution in [2.24, 2.45) is 0 Å². The summed E-state index contributed by atoms with van der Waals surface area (Å²) in [6.45, 7) is 0.217. The van der Waals surface area contributed by atoms with Crippen molar-refractivity contribution in [2.75, 3.05) is 5.32 Å². The van der Waals surface area contributed by atoms with Crippen molar-refractivity contribution in [1.82, 2.24) is 4.98 Å². The van der Waals surface area contributed by atoms with Crippen LogP contribution in [0, 0.1) is 0 Å². The molecule has 1 aromatic heterocycles. The first kappa shape index (κ1) is 13.9. The van der Waals surface area contributed by atoms with E-state index in [1.165, 1.54) is 30.5 Å². The van der Waals surface area contributed by atoms with Gasteiger partial charge in [-0.05, 0) is 30.3 Å². The molecule has 0 bridgehead atoms. The number of alkyl halides is 3. The summed E-state index contributed by atoms with van der Waals surface area (Å²) in [5.41, 5.74) is -0.592. The Labute approximate surface area is 112 Å². The quantitative estimate of drug-likeness (QED) is 0.873. The lowest BCUT2D eigenvalue weighted by molar-refractivity contribution is -0.137. The zero-order valence-corrected chi connectivity index (χ0v) is 10.0. The Balaban J connectivity index is 2.29. The first-order chi connectivity index (χ1) is 9.50. The SMILES string of the molecule is O=COc1cccnc1Nc1cccc(C(F)(F)F)c1. The fourth-order valence-electron chi connectivity index (χ4n) is 1.54. The molecule has 104 valence electrons. The maximum atomic E-state index is 12.6. The molecule has 4 nitrogen and oxygen atoms in total. The molecule has 0 radical (unpaired) electrons. The summed E-state index contributed by atoms with van der Waals surface area (Å²) < 4.78 is 42.5. The molecule has 1 aromatic carbocycles. The second kappa shape index (κ2) is 5.60. The number of carbonyl (C=O) groups is 1. The number of halogens is 3. The van der Waals surface area contributed by atoms with E-state index in [2.05, 4.69) is 15.0 Å². The monoisotopic (exact) mass is 282 g/mol. The van der Waals surface area contributed by atoms with E-state index in [0.717, 1.165) is 12.1 Å². The van der Waals surface area contributed by atoms with Gasteiger partial charge in [-0.2, -0.15) is 13.2 Å². The van der Waals surface area contributed by atoms with Crippen LogP contribution in [0.5, 0.6) is 5.75 Å². The smallest absolute Gasteiger partial charge is 0.416 e. The minimum Gasteiger partial charge on any atom is -0.425 e. The highest BCUT2D eigenvalue weighted by molar-refractivity contribution is 5.64. The van der Waals surface area contributed by atoms with Gasteiger partial charge in [0.1, 0.15) is 0 Å². The number of hydrogen-bond donors (Lipinski definition) is 1. The summed E-state index contributed by atoms with van der Waals surface area (Å²) in [5.74, 6) is 0.277. The van der Waals surface area contributed by atoms with E-state index in [1.807, 2.05) is 0 Å². The van der Waals surface area contributed by atoms with Gasteiger partial charge in [-0.1, -0.05) is 6.07 Å². The number of nitrogens with one attached hydrogen (secondary N) is 1. The highest BCUT2D eigenvalue weighted by atomic mass is 19.4. The first-order valence-corrected chi connectivity index (χ1v) is 5.50. The van der Waals surface area contributed by atoms with E-state index >= 15 is 0 Å². The Morgan fingerprint density at radius 2 is 2.00 bits per heavy atom. The molecule has 0 aliphatic carbocycles. The lowest BCUT2D eigenvalue weighted by atomic mass is 10.2. The molecule has 0 amide bonds. The Bertz CT molecular complexity index is 615. The number of anilines is 2. The van der Waals surface area contributed by atoms with Crippen molar-refractivity contribution in [2.45, 2.75) is 6.18 Å². The largest absolute Gasteiger partial charge is 0.425 e. The summed E-state index contributed by atoms with van der Waals surface area (Å²) in [6, 6.07) is 7.64. The predicted molar refractivity (Wildman–Crippen MR) is 65.7 cm³/mol. The number of benzene rings is 1. The van der Waals surface area contributed by atoms with Gasteiger partial charge in [0.15, 0.2) is 11.6 Å². The van der Waals surface area contributed by atoms with Gasteiger partial charge in [0.25, 0.3) is 6.47 Å². The van der Waals surface area contributed by atoms with Crippen LogP contribution in [0.25, 0.3) is 0 Å². The molecule has 0 saturated heterocycles. The first-order valence-electron chi connectivity index (χ1n) is 5.50. The summed E-state index contributed by atoms with van der Waals surface area (Å²) in [7, 11) is 0. The minimum absolute atomic E-state index is 0.125. The molecule has 7 heteroatoms. The Hall–Kier alpha value is -2.57. The van der Waals surface area contributed by atoms with Crippen LogP contribution in [0.3, 0.4) is 0 Å². The maximum Gasteiger partial charge on any atom is 0.416 e. The third-order valence-corrected chi connectivity index (χ3v) is 2.40. The molecule has 2 aromatic rings. The van der Waals surface area contributed by atoms with Crippen LogP contribution < -0.4 is 10.1 Å². The molecular weight excluding hydrogens is 273 g/mol. The zero-order chi connectivity index (χ0) is 14.6. The predicted octanol–water partition coefficient (Wildman–Crippen LogP) is 3.38. The van der Waals surface area contributed by atoms with Crippen molar-refractivity contribution in [1.29, 1.82) is 0 Å². The third kappa shape index (κ3) is 3.25. The summed E-state index contributed by atoms with van der Waals surface area (Å²) in [6.07, 6.45) is -3.00. The van der Waals surface area contributed by atoms with Gasteiger partial charge in [-0.25, -0.2) is 4.98 Å². The Kier molecular flexibility index (Phi) is 3.88. The Morgan fingerprint density at radius 3 is 2.70 bits per heavy atom. The average Bonchev–Trinajstić information content (AvgIpc) is 2.41. The van der Waals surface area contributed by atoms with Crippen molar-refractivity contribution in [3.8, 4) is 5.75 Å². The fraction of sp³-hybridized carbons (Fsp3) is 0.0769. The van der Waals surface area contributed by atoms with E-state index < -0.39 is 11.7 Å². The molecule has 2 rings (SSSR count). The van der Waals surface area contributed by atoms with E-state index in [9.17, 15) is 18.0 Å². The molecular formula is C13H9F3N2O2. The van der Waals surface area contributed by atoms with Gasteiger partial charge in [-0.3, -0.25) is 4.79 Å². The second-order valence-electron chi connectivity index (χ2n) is 3.77. The van der Waals surface area contributed by atoms with Crippen LogP contribution in [0.15, 0.2) is 42.6 Å². The van der Waals surface area contributed by atoms with Gasteiger partial charge in [0, 0.05) is 11.9 Å². The highest BCUT2D eigenvalue weighted by Gasteiger charge is 2.30.